The van der Waals surface area contributed by atoms with E-state index in [1.807, 2.05) is 0 Å². The van der Waals surface area contributed by atoms with Gasteiger partial charge in [-0.1, -0.05) is 6.42 Å². The summed E-state index contributed by atoms with van der Waals surface area (Å²) in [4.78, 5) is 5.25. The van der Waals surface area contributed by atoms with Crippen LogP contribution >= 0.6 is 0 Å². The van der Waals surface area contributed by atoms with Crippen LogP contribution in [0.3, 0.4) is 0 Å². The summed E-state index contributed by atoms with van der Waals surface area (Å²) in [5.41, 5.74) is 0. The fourth-order valence-electron chi connectivity index (χ4n) is 3.90. The molecule has 2 atom stereocenters. The van der Waals surface area contributed by atoms with Crippen LogP contribution < -0.4 is 5.32 Å². The monoisotopic (exact) mass is 267 g/mol. The average Bonchev–Trinajstić information content (AvgIpc) is 2.88. The first-order valence-corrected chi connectivity index (χ1v) is 8.21. The number of hydrogen-bond donors (Lipinski definition) is 1. The molecular weight excluding hydrogens is 238 g/mol. The number of nitrogens with zero attached hydrogens (tertiary/aromatic N) is 2. The summed E-state index contributed by atoms with van der Waals surface area (Å²) in [6.07, 6.45) is 6.92. The first-order valence-electron chi connectivity index (χ1n) is 8.21. The minimum atomic E-state index is 0.769. The lowest BCUT2D eigenvalue weighted by molar-refractivity contribution is 0.0373. The number of hydrogen-bond acceptors (Lipinski definition) is 4. The van der Waals surface area contributed by atoms with E-state index in [9.17, 15) is 0 Å². The maximum atomic E-state index is 5.38. The summed E-state index contributed by atoms with van der Waals surface area (Å²) < 4.78 is 5.38. The molecule has 2 unspecified atom stereocenters. The zero-order valence-corrected chi connectivity index (χ0v) is 12.1. The molecule has 110 valence electrons. The Morgan fingerprint density at radius 1 is 1.00 bits per heavy atom. The number of ether oxygens (including phenoxy) is 1. The van der Waals surface area contributed by atoms with E-state index in [4.69, 9.17) is 4.74 Å². The van der Waals surface area contributed by atoms with Crippen molar-refractivity contribution < 1.29 is 4.74 Å². The summed E-state index contributed by atoms with van der Waals surface area (Å²) >= 11 is 0. The Kier molecular flexibility index (Phi) is 5.10. The molecule has 3 fully saturated rings. The van der Waals surface area contributed by atoms with E-state index in [2.05, 4.69) is 15.1 Å². The van der Waals surface area contributed by atoms with Gasteiger partial charge in [-0.3, -0.25) is 9.80 Å². The van der Waals surface area contributed by atoms with Crippen molar-refractivity contribution in [3.63, 3.8) is 0 Å². The first kappa shape index (κ1) is 13.8. The van der Waals surface area contributed by atoms with Gasteiger partial charge < -0.3 is 10.1 Å². The highest BCUT2D eigenvalue weighted by molar-refractivity contribution is 4.93. The Balaban J connectivity index is 1.31. The minimum absolute atomic E-state index is 0.769. The lowest BCUT2D eigenvalue weighted by atomic mass is 9.99. The molecule has 0 spiro atoms. The Morgan fingerprint density at radius 3 is 2.79 bits per heavy atom. The molecule has 4 heteroatoms. The van der Waals surface area contributed by atoms with Crippen molar-refractivity contribution in [3.05, 3.63) is 0 Å². The third-order valence-corrected chi connectivity index (χ3v) is 5.02. The van der Waals surface area contributed by atoms with E-state index in [1.54, 1.807) is 0 Å². The van der Waals surface area contributed by atoms with Crippen molar-refractivity contribution in [2.24, 2.45) is 0 Å². The van der Waals surface area contributed by atoms with Gasteiger partial charge in [-0.15, -0.1) is 0 Å². The Morgan fingerprint density at radius 2 is 1.89 bits per heavy atom. The second-order valence-electron chi connectivity index (χ2n) is 6.26. The molecule has 0 aromatic rings. The van der Waals surface area contributed by atoms with Crippen LogP contribution in [-0.4, -0.2) is 74.4 Å². The van der Waals surface area contributed by atoms with Crippen LogP contribution in [0.2, 0.25) is 0 Å². The van der Waals surface area contributed by atoms with Crippen molar-refractivity contribution >= 4 is 0 Å². The number of morpholine rings is 1. The summed E-state index contributed by atoms with van der Waals surface area (Å²) in [5.74, 6) is 0. The van der Waals surface area contributed by atoms with Crippen LogP contribution in [-0.2, 0) is 4.74 Å². The highest BCUT2D eigenvalue weighted by Crippen LogP contribution is 2.26. The quantitative estimate of drug-likeness (QED) is 0.750. The number of fused-ring (bicyclic) bond motifs is 1. The number of piperidine rings is 1. The molecule has 0 radical (unpaired) electrons. The van der Waals surface area contributed by atoms with Crippen molar-refractivity contribution in [3.8, 4) is 0 Å². The maximum Gasteiger partial charge on any atom is 0.0594 e. The van der Waals surface area contributed by atoms with Crippen LogP contribution in [0.25, 0.3) is 0 Å². The maximum absolute atomic E-state index is 5.38. The van der Waals surface area contributed by atoms with Crippen molar-refractivity contribution in [2.45, 2.75) is 44.2 Å². The van der Waals surface area contributed by atoms with Gasteiger partial charge in [-0.05, 0) is 45.3 Å². The lowest BCUT2D eigenvalue weighted by Gasteiger charge is -2.33. The van der Waals surface area contributed by atoms with Crippen molar-refractivity contribution in [1.82, 2.24) is 15.1 Å². The molecule has 3 rings (SSSR count). The Bertz CT molecular complexity index is 268. The van der Waals surface area contributed by atoms with Crippen LogP contribution in [0.15, 0.2) is 0 Å². The molecule has 0 bridgehead atoms. The van der Waals surface area contributed by atoms with Gasteiger partial charge in [0.2, 0.25) is 0 Å². The highest BCUT2D eigenvalue weighted by Gasteiger charge is 2.34. The van der Waals surface area contributed by atoms with Gasteiger partial charge in [0, 0.05) is 31.7 Å². The van der Waals surface area contributed by atoms with Crippen LogP contribution in [0, 0.1) is 0 Å². The molecular formula is C15H29N3O. The Labute approximate surface area is 117 Å². The van der Waals surface area contributed by atoms with E-state index >= 15 is 0 Å². The predicted octanol–water partition coefficient (Wildman–Crippen LogP) is 0.925. The van der Waals surface area contributed by atoms with Gasteiger partial charge in [0.15, 0.2) is 0 Å². The van der Waals surface area contributed by atoms with Crippen LogP contribution in [0.4, 0.5) is 0 Å². The first-order chi connectivity index (χ1) is 9.43. The van der Waals surface area contributed by atoms with Gasteiger partial charge >= 0.3 is 0 Å². The van der Waals surface area contributed by atoms with Gasteiger partial charge in [0.05, 0.1) is 13.2 Å². The summed E-state index contributed by atoms with van der Waals surface area (Å²) in [7, 11) is 0. The fraction of sp³-hybridized carbons (Fsp3) is 1.00. The van der Waals surface area contributed by atoms with E-state index < -0.39 is 0 Å². The number of nitrogens with one attached hydrogen (secondary N) is 1. The van der Waals surface area contributed by atoms with Gasteiger partial charge in [-0.2, -0.15) is 0 Å². The second-order valence-corrected chi connectivity index (χ2v) is 6.26. The van der Waals surface area contributed by atoms with E-state index in [0.717, 1.165) is 38.4 Å². The third kappa shape index (κ3) is 3.69. The molecule has 3 aliphatic rings. The van der Waals surface area contributed by atoms with Gasteiger partial charge in [-0.25, -0.2) is 0 Å². The third-order valence-electron chi connectivity index (χ3n) is 5.02. The summed E-state index contributed by atoms with van der Waals surface area (Å²) in [6.45, 7) is 9.19. The molecule has 3 saturated heterocycles. The zero-order chi connectivity index (χ0) is 12.9. The molecule has 0 aliphatic carbocycles. The fourth-order valence-corrected chi connectivity index (χ4v) is 3.90. The molecule has 3 heterocycles. The molecule has 0 aromatic carbocycles. The standard InChI is InChI=1S/C15H29N3O/c1-2-8-18-9-5-14(15(18)4-1)16-6-3-7-17-10-12-19-13-11-17/h14-16H,1-13H2. The summed E-state index contributed by atoms with van der Waals surface area (Å²) in [6, 6.07) is 1.61. The highest BCUT2D eigenvalue weighted by atomic mass is 16.5. The normalized spacial score (nSPS) is 33.5. The average molecular weight is 267 g/mol. The minimum Gasteiger partial charge on any atom is -0.379 e. The molecule has 3 aliphatic heterocycles. The number of rotatable bonds is 5. The molecule has 1 N–H and O–H groups in total. The van der Waals surface area contributed by atoms with Crippen LogP contribution in [0.5, 0.6) is 0 Å². The molecule has 19 heavy (non-hydrogen) atoms. The van der Waals surface area contributed by atoms with E-state index in [-0.39, 0.29) is 0 Å². The van der Waals surface area contributed by atoms with E-state index in [1.165, 1.54) is 58.3 Å². The predicted molar refractivity (Wildman–Crippen MR) is 77.5 cm³/mol. The molecule has 0 aromatic heterocycles. The largest absolute Gasteiger partial charge is 0.379 e. The Hall–Kier alpha value is -0.160. The topological polar surface area (TPSA) is 27.7 Å². The van der Waals surface area contributed by atoms with Gasteiger partial charge in [0.1, 0.15) is 0 Å². The SMILES string of the molecule is C1CCN2CCC(NCCCN3CCOCC3)C2C1. The second kappa shape index (κ2) is 7.02. The van der Waals surface area contributed by atoms with Crippen molar-refractivity contribution in [2.75, 3.05) is 52.5 Å². The van der Waals surface area contributed by atoms with Crippen LogP contribution in [0.1, 0.15) is 32.1 Å². The molecule has 0 saturated carbocycles. The molecule has 4 nitrogen and oxygen atoms in total. The summed E-state index contributed by atoms with van der Waals surface area (Å²) in [5, 5.41) is 3.82. The lowest BCUT2D eigenvalue weighted by Crippen LogP contribution is -2.45. The smallest absolute Gasteiger partial charge is 0.0594 e. The van der Waals surface area contributed by atoms with Gasteiger partial charge in [0.25, 0.3) is 0 Å². The van der Waals surface area contributed by atoms with Crippen molar-refractivity contribution in [1.29, 1.82) is 0 Å². The zero-order valence-electron chi connectivity index (χ0n) is 12.1. The van der Waals surface area contributed by atoms with E-state index in [0.29, 0.717) is 0 Å². The molecule has 0 amide bonds.